The standard InChI is InChI=1S/C46H57N3O9/c1-31(2)41(44(53)56-33(4)39(48-45(54)58-46(5,6)7)43(52)55-30-36-22-15-10-16-23-36)57-42(51)32(3)40(50)38(26-37-24-17-25-47-27-37)49(28-34-18-11-8-12-19-34)29-35-20-13-9-14-21-35/h8-25,27,31-33,38-41,50H,26,28-30H2,1-7H3,(H,48,54)/t32-,33-,38+,39+,40+,41?/m1/s1. The number of aliphatic hydroxyl groups is 1. The summed E-state index contributed by atoms with van der Waals surface area (Å²) in [6.45, 7) is 12.2. The van der Waals surface area contributed by atoms with Crippen molar-refractivity contribution in [3.8, 4) is 0 Å². The van der Waals surface area contributed by atoms with Crippen molar-refractivity contribution >= 4 is 24.0 Å². The van der Waals surface area contributed by atoms with Crippen molar-refractivity contribution < 1.29 is 43.2 Å². The number of rotatable bonds is 19. The molecule has 1 heterocycles. The van der Waals surface area contributed by atoms with Crippen LogP contribution in [0.5, 0.6) is 0 Å². The molecule has 1 amide bonds. The van der Waals surface area contributed by atoms with Crippen molar-refractivity contribution in [2.24, 2.45) is 11.8 Å². The van der Waals surface area contributed by atoms with E-state index < -0.39 is 71.8 Å². The van der Waals surface area contributed by atoms with Gasteiger partial charge >= 0.3 is 24.0 Å². The minimum Gasteiger partial charge on any atom is -0.459 e. The van der Waals surface area contributed by atoms with Gasteiger partial charge in [-0.15, -0.1) is 0 Å². The van der Waals surface area contributed by atoms with E-state index >= 15 is 0 Å². The van der Waals surface area contributed by atoms with Crippen LogP contribution in [0, 0.1) is 11.8 Å². The van der Waals surface area contributed by atoms with E-state index in [2.05, 4.69) is 15.2 Å². The van der Waals surface area contributed by atoms with E-state index in [0.29, 0.717) is 25.1 Å². The maximum Gasteiger partial charge on any atom is 0.408 e. The van der Waals surface area contributed by atoms with E-state index in [1.54, 1.807) is 78.2 Å². The predicted octanol–water partition coefficient (Wildman–Crippen LogP) is 6.83. The molecule has 6 atom stereocenters. The Morgan fingerprint density at radius 1 is 0.707 bits per heavy atom. The van der Waals surface area contributed by atoms with E-state index in [-0.39, 0.29) is 6.61 Å². The Morgan fingerprint density at radius 3 is 1.74 bits per heavy atom. The number of nitrogens with one attached hydrogen (secondary N) is 1. The molecule has 3 aromatic carbocycles. The Kier molecular flexibility index (Phi) is 17.0. The average molecular weight is 796 g/mol. The van der Waals surface area contributed by atoms with Crippen molar-refractivity contribution in [2.45, 2.75) is 111 Å². The van der Waals surface area contributed by atoms with E-state index in [1.165, 1.54) is 6.92 Å². The smallest absolute Gasteiger partial charge is 0.408 e. The van der Waals surface area contributed by atoms with Gasteiger partial charge in [0, 0.05) is 37.4 Å². The summed E-state index contributed by atoms with van der Waals surface area (Å²) < 4.78 is 22.4. The summed E-state index contributed by atoms with van der Waals surface area (Å²) in [5.41, 5.74) is 2.75. The lowest BCUT2D eigenvalue weighted by Gasteiger charge is -2.37. The lowest BCUT2D eigenvalue weighted by molar-refractivity contribution is -0.181. The Labute approximate surface area is 341 Å². The number of carbonyl (C=O) groups excluding carboxylic acids is 4. The Morgan fingerprint density at radius 2 is 1.24 bits per heavy atom. The zero-order valence-electron chi connectivity index (χ0n) is 34.4. The number of esters is 3. The highest BCUT2D eigenvalue weighted by Crippen LogP contribution is 2.25. The third-order valence-electron chi connectivity index (χ3n) is 9.37. The molecule has 4 aromatic rings. The molecule has 0 bridgehead atoms. The number of amides is 1. The quantitative estimate of drug-likeness (QED) is 0.0759. The van der Waals surface area contributed by atoms with Crippen LogP contribution in [0.15, 0.2) is 116 Å². The second-order valence-corrected chi connectivity index (χ2v) is 15.7. The SMILES string of the molecule is CC(C)C(OC(=O)[C@H](C)[C@H](O)[C@H](Cc1cccnc1)N(Cc1ccccc1)Cc1ccccc1)C(=O)O[C@H](C)[C@H](NC(=O)OC(C)(C)C)C(=O)OCc1ccccc1. The number of hydrogen-bond acceptors (Lipinski definition) is 11. The molecule has 0 radical (unpaired) electrons. The predicted molar refractivity (Wildman–Crippen MR) is 219 cm³/mol. The third-order valence-corrected chi connectivity index (χ3v) is 9.37. The van der Waals surface area contributed by atoms with Crippen LogP contribution in [0.1, 0.15) is 70.7 Å². The molecular formula is C46H57N3O9. The number of carbonyl (C=O) groups is 4. The molecule has 310 valence electrons. The molecule has 0 aliphatic rings. The van der Waals surface area contributed by atoms with Gasteiger partial charge in [0.25, 0.3) is 0 Å². The summed E-state index contributed by atoms with van der Waals surface area (Å²) in [7, 11) is 0. The zero-order chi connectivity index (χ0) is 42.2. The van der Waals surface area contributed by atoms with Crippen molar-refractivity contribution in [3.63, 3.8) is 0 Å². The van der Waals surface area contributed by atoms with Crippen LogP contribution in [0.4, 0.5) is 4.79 Å². The number of aliphatic hydroxyl groups excluding tert-OH is 1. The van der Waals surface area contributed by atoms with Gasteiger partial charge in [-0.25, -0.2) is 14.4 Å². The molecule has 1 unspecified atom stereocenters. The van der Waals surface area contributed by atoms with Crippen LogP contribution in [0.3, 0.4) is 0 Å². The van der Waals surface area contributed by atoms with Crippen LogP contribution in [0.25, 0.3) is 0 Å². The first kappa shape index (κ1) is 45.1. The fourth-order valence-corrected chi connectivity index (χ4v) is 6.25. The van der Waals surface area contributed by atoms with Gasteiger partial charge in [-0.3, -0.25) is 14.7 Å². The van der Waals surface area contributed by atoms with Crippen LogP contribution in [-0.2, 0) is 59.4 Å². The number of hydrogen-bond donors (Lipinski definition) is 2. The Hall–Kier alpha value is -5.59. The topological polar surface area (TPSA) is 154 Å². The Bertz CT molecular complexity index is 1830. The number of aromatic nitrogens is 1. The fourth-order valence-electron chi connectivity index (χ4n) is 6.25. The van der Waals surface area contributed by atoms with Crippen molar-refractivity contribution in [2.75, 3.05) is 0 Å². The molecule has 4 rings (SSSR count). The van der Waals surface area contributed by atoms with Crippen molar-refractivity contribution in [1.82, 2.24) is 15.2 Å². The minimum absolute atomic E-state index is 0.0881. The molecule has 0 fully saturated rings. The molecular weight excluding hydrogens is 739 g/mol. The first-order chi connectivity index (χ1) is 27.6. The van der Waals surface area contributed by atoms with E-state index in [1.807, 2.05) is 78.9 Å². The van der Waals surface area contributed by atoms with Gasteiger partial charge in [-0.05, 0) is 69.4 Å². The maximum atomic E-state index is 14.0. The molecule has 0 spiro atoms. The Balaban J connectivity index is 1.54. The monoisotopic (exact) mass is 795 g/mol. The number of pyridine rings is 1. The number of nitrogens with zero attached hydrogens (tertiary/aromatic N) is 2. The van der Waals surface area contributed by atoms with Gasteiger partial charge in [-0.2, -0.15) is 0 Å². The second kappa shape index (κ2) is 21.8. The van der Waals surface area contributed by atoms with Crippen molar-refractivity contribution in [1.29, 1.82) is 0 Å². The summed E-state index contributed by atoms with van der Waals surface area (Å²) in [4.78, 5) is 60.3. The molecule has 12 heteroatoms. The summed E-state index contributed by atoms with van der Waals surface area (Å²) in [5.74, 6) is -4.26. The van der Waals surface area contributed by atoms with Gasteiger partial charge in [0.2, 0.25) is 6.10 Å². The first-order valence-electron chi connectivity index (χ1n) is 19.6. The lowest BCUT2D eigenvalue weighted by atomic mass is 9.91. The number of ether oxygens (including phenoxy) is 4. The van der Waals surface area contributed by atoms with E-state index in [4.69, 9.17) is 18.9 Å². The van der Waals surface area contributed by atoms with E-state index in [9.17, 15) is 24.3 Å². The maximum absolute atomic E-state index is 14.0. The fraction of sp³-hybridized carbons (Fsp3) is 0.413. The van der Waals surface area contributed by atoms with Gasteiger partial charge < -0.3 is 29.4 Å². The molecule has 1 aromatic heterocycles. The minimum atomic E-state index is -1.46. The highest BCUT2D eigenvalue weighted by Gasteiger charge is 2.40. The largest absolute Gasteiger partial charge is 0.459 e. The van der Waals surface area contributed by atoms with Crippen LogP contribution < -0.4 is 5.32 Å². The van der Waals surface area contributed by atoms with Crippen molar-refractivity contribution in [3.05, 3.63) is 138 Å². The van der Waals surface area contributed by atoms with Gasteiger partial charge in [0.05, 0.1) is 12.0 Å². The zero-order valence-corrected chi connectivity index (χ0v) is 34.4. The average Bonchev–Trinajstić information content (AvgIpc) is 3.20. The molecule has 2 N–H and O–H groups in total. The van der Waals surface area contributed by atoms with Crippen LogP contribution in [-0.4, -0.2) is 75.0 Å². The summed E-state index contributed by atoms with van der Waals surface area (Å²) in [6, 6.07) is 30.4. The van der Waals surface area contributed by atoms with Gasteiger partial charge in [0.15, 0.2) is 6.04 Å². The first-order valence-corrected chi connectivity index (χ1v) is 19.6. The highest BCUT2D eigenvalue weighted by atomic mass is 16.6. The molecule has 0 saturated heterocycles. The molecule has 0 aliphatic heterocycles. The van der Waals surface area contributed by atoms with Crippen LogP contribution in [0.2, 0.25) is 0 Å². The van der Waals surface area contributed by atoms with E-state index in [0.717, 1.165) is 16.7 Å². The lowest BCUT2D eigenvalue weighted by Crippen LogP contribution is -2.52. The summed E-state index contributed by atoms with van der Waals surface area (Å²) >= 11 is 0. The highest BCUT2D eigenvalue weighted by molar-refractivity contribution is 5.84. The number of alkyl carbamates (subject to hydrolysis) is 1. The van der Waals surface area contributed by atoms with Gasteiger partial charge in [0.1, 0.15) is 18.3 Å². The molecule has 58 heavy (non-hydrogen) atoms. The number of benzene rings is 3. The molecule has 0 saturated carbocycles. The summed E-state index contributed by atoms with van der Waals surface area (Å²) in [6.07, 6.45) is -1.05. The van der Waals surface area contributed by atoms with Crippen LogP contribution >= 0.6 is 0 Å². The van der Waals surface area contributed by atoms with Gasteiger partial charge in [-0.1, -0.05) is 111 Å². The normalized spacial score (nSPS) is 14.7. The third kappa shape index (κ3) is 14.4. The second-order valence-electron chi connectivity index (χ2n) is 15.7. The molecule has 0 aliphatic carbocycles. The summed E-state index contributed by atoms with van der Waals surface area (Å²) in [5, 5.41) is 14.6. The molecule has 12 nitrogen and oxygen atoms in total.